The van der Waals surface area contributed by atoms with Crippen molar-refractivity contribution in [1.82, 2.24) is 15.1 Å². The number of halogens is 2. The zero-order valence-electron chi connectivity index (χ0n) is 19.5. The number of aryl methyl sites for hydroxylation is 2. The SMILES string of the molecule is Cc1nn(C)c(C)c1CCN=C(NC(=O)c1ccc(F)c(F)c1)Nc1ccc(C(C)C)cc1. The van der Waals surface area contributed by atoms with Gasteiger partial charge in [-0.05, 0) is 67.6 Å². The Kier molecular flexibility index (Phi) is 7.58. The standard InChI is InChI=1S/C25H29F2N5O/c1-15(2)18-6-9-20(10-7-18)29-25(28-13-12-21-16(3)31-32(5)17(21)4)30-24(33)19-8-11-22(26)23(27)14-19/h6-11,14-15H,12-13H2,1-5H3,(H2,28,29,30,33). The van der Waals surface area contributed by atoms with Crippen LogP contribution in [0, 0.1) is 25.5 Å². The van der Waals surface area contributed by atoms with Gasteiger partial charge in [0.2, 0.25) is 5.96 Å². The van der Waals surface area contributed by atoms with Gasteiger partial charge < -0.3 is 5.32 Å². The maximum atomic E-state index is 13.6. The van der Waals surface area contributed by atoms with Crippen molar-refractivity contribution in [2.24, 2.45) is 12.0 Å². The number of aliphatic imine (C=N–C) groups is 1. The second-order valence-corrected chi connectivity index (χ2v) is 8.24. The minimum Gasteiger partial charge on any atom is -0.326 e. The molecule has 8 heteroatoms. The fraction of sp³-hybridized carbons (Fsp3) is 0.320. The van der Waals surface area contributed by atoms with Crippen molar-refractivity contribution in [3.05, 3.63) is 82.2 Å². The van der Waals surface area contributed by atoms with Crippen molar-refractivity contribution in [2.75, 3.05) is 11.9 Å². The van der Waals surface area contributed by atoms with E-state index in [0.29, 0.717) is 18.9 Å². The monoisotopic (exact) mass is 453 g/mol. The Hall–Kier alpha value is -3.55. The number of amides is 1. The van der Waals surface area contributed by atoms with Crippen molar-refractivity contribution in [2.45, 2.75) is 40.0 Å². The number of guanidine groups is 1. The highest BCUT2D eigenvalue weighted by Crippen LogP contribution is 2.17. The van der Waals surface area contributed by atoms with E-state index < -0.39 is 17.5 Å². The molecule has 0 saturated carbocycles. The predicted octanol–water partition coefficient (Wildman–Crippen LogP) is 4.88. The van der Waals surface area contributed by atoms with Gasteiger partial charge in [-0.15, -0.1) is 0 Å². The highest BCUT2D eigenvalue weighted by atomic mass is 19.2. The molecule has 0 unspecified atom stereocenters. The number of hydrogen-bond acceptors (Lipinski definition) is 3. The van der Waals surface area contributed by atoms with Crippen molar-refractivity contribution in [3.8, 4) is 0 Å². The van der Waals surface area contributed by atoms with Gasteiger partial charge in [0.15, 0.2) is 11.6 Å². The van der Waals surface area contributed by atoms with E-state index in [-0.39, 0.29) is 11.5 Å². The first kappa shape index (κ1) is 24.1. The van der Waals surface area contributed by atoms with Gasteiger partial charge in [-0.1, -0.05) is 26.0 Å². The Bertz CT molecular complexity index is 1170. The largest absolute Gasteiger partial charge is 0.326 e. The molecule has 0 aliphatic carbocycles. The summed E-state index contributed by atoms with van der Waals surface area (Å²) in [5, 5.41) is 10.2. The number of rotatable bonds is 6. The van der Waals surface area contributed by atoms with Crippen LogP contribution in [0.25, 0.3) is 0 Å². The number of aromatic nitrogens is 2. The lowest BCUT2D eigenvalue weighted by Crippen LogP contribution is -2.36. The molecule has 0 fully saturated rings. The van der Waals surface area contributed by atoms with Crippen molar-refractivity contribution < 1.29 is 13.6 Å². The van der Waals surface area contributed by atoms with Gasteiger partial charge in [0.1, 0.15) is 0 Å². The van der Waals surface area contributed by atoms with Gasteiger partial charge in [0.25, 0.3) is 5.91 Å². The molecule has 174 valence electrons. The molecule has 0 aliphatic heterocycles. The Balaban J connectivity index is 1.80. The lowest BCUT2D eigenvalue weighted by Gasteiger charge is -2.13. The number of nitrogens with zero attached hydrogens (tertiary/aromatic N) is 3. The summed E-state index contributed by atoms with van der Waals surface area (Å²) in [6.07, 6.45) is 0.643. The summed E-state index contributed by atoms with van der Waals surface area (Å²) in [5.74, 6) is -2.06. The molecule has 0 atom stereocenters. The molecule has 33 heavy (non-hydrogen) atoms. The molecule has 1 amide bonds. The first-order valence-corrected chi connectivity index (χ1v) is 10.8. The fourth-order valence-corrected chi connectivity index (χ4v) is 3.47. The molecule has 0 aliphatic rings. The summed E-state index contributed by atoms with van der Waals surface area (Å²) in [6, 6.07) is 10.8. The summed E-state index contributed by atoms with van der Waals surface area (Å²) < 4.78 is 28.7. The van der Waals surface area contributed by atoms with Crippen LogP contribution in [0.4, 0.5) is 14.5 Å². The molecule has 3 aromatic rings. The van der Waals surface area contributed by atoms with Gasteiger partial charge in [0.05, 0.1) is 5.69 Å². The molecule has 2 aromatic carbocycles. The fourth-order valence-electron chi connectivity index (χ4n) is 3.47. The molecular weight excluding hydrogens is 424 g/mol. The maximum absolute atomic E-state index is 13.6. The molecular formula is C25H29F2N5O. The quantitative estimate of drug-likeness (QED) is 0.413. The van der Waals surface area contributed by atoms with E-state index in [0.717, 1.165) is 34.8 Å². The first-order chi connectivity index (χ1) is 15.7. The van der Waals surface area contributed by atoms with Gasteiger partial charge in [-0.2, -0.15) is 5.10 Å². The average Bonchev–Trinajstić information content (AvgIpc) is 3.01. The van der Waals surface area contributed by atoms with Crippen LogP contribution in [-0.4, -0.2) is 28.2 Å². The smallest absolute Gasteiger partial charge is 0.258 e. The average molecular weight is 454 g/mol. The number of nitrogens with one attached hydrogen (secondary N) is 2. The van der Waals surface area contributed by atoms with Gasteiger partial charge in [-0.25, -0.2) is 8.78 Å². The maximum Gasteiger partial charge on any atom is 0.258 e. The number of carbonyl (C=O) groups is 1. The molecule has 0 spiro atoms. The van der Waals surface area contributed by atoms with E-state index in [1.54, 1.807) is 0 Å². The predicted molar refractivity (Wildman–Crippen MR) is 127 cm³/mol. The molecule has 0 radical (unpaired) electrons. The Morgan fingerprint density at radius 2 is 1.79 bits per heavy atom. The summed E-state index contributed by atoms with van der Waals surface area (Å²) in [5.41, 5.74) is 5.04. The molecule has 1 heterocycles. The second-order valence-electron chi connectivity index (χ2n) is 8.24. The van der Waals surface area contributed by atoms with Crippen molar-refractivity contribution in [1.29, 1.82) is 0 Å². The topological polar surface area (TPSA) is 71.3 Å². The van der Waals surface area contributed by atoms with Gasteiger partial charge in [-0.3, -0.25) is 19.8 Å². The lowest BCUT2D eigenvalue weighted by atomic mass is 10.0. The number of hydrogen-bond donors (Lipinski definition) is 2. The number of benzene rings is 2. The van der Waals surface area contributed by atoms with Crippen LogP contribution in [0.3, 0.4) is 0 Å². The van der Waals surface area contributed by atoms with Crippen LogP contribution >= 0.6 is 0 Å². The van der Waals surface area contributed by atoms with Crippen molar-refractivity contribution >= 4 is 17.6 Å². The molecule has 1 aromatic heterocycles. The van der Waals surface area contributed by atoms with E-state index in [1.807, 2.05) is 49.8 Å². The molecule has 3 rings (SSSR count). The summed E-state index contributed by atoms with van der Waals surface area (Å²) in [6.45, 7) is 8.57. The molecule has 2 N–H and O–H groups in total. The molecule has 0 bridgehead atoms. The van der Waals surface area contributed by atoms with Crippen LogP contribution in [0.15, 0.2) is 47.5 Å². The minimum atomic E-state index is -1.08. The van der Waals surface area contributed by atoms with Crippen LogP contribution in [0.2, 0.25) is 0 Å². The Morgan fingerprint density at radius 3 is 2.36 bits per heavy atom. The number of carbonyl (C=O) groups excluding carboxylic acids is 1. The van der Waals surface area contributed by atoms with Crippen molar-refractivity contribution in [3.63, 3.8) is 0 Å². The first-order valence-electron chi connectivity index (χ1n) is 10.8. The highest BCUT2D eigenvalue weighted by Gasteiger charge is 2.13. The van der Waals surface area contributed by atoms with E-state index in [2.05, 4.69) is 34.6 Å². The third-order valence-electron chi connectivity index (χ3n) is 5.54. The van der Waals surface area contributed by atoms with E-state index in [9.17, 15) is 13.6 Å². The van der Waals surface area contributed by atoms with Crippen LogP contribution in [0.5, 0.6) is 0 Å². The normalized spacial score (nSPS) is 11.7. The van der Waals surface area contributed by atoms with Crippen LogP contribution < -0.4 is 10.6 Å². The number of anilines is 1. The van der Waals surface area contributed by atoms with Gasteiger partial charge in [0, 0.05) is 30.5 Å². The van der Waals surface area contributed by atoms with Gasteiger partial charge >= 0.3 is 0 Å². The van der Waals surface area contributed by atoms with E-state index in [4.69, 9.17) is 0 Å². The van der Waals surface area contributed by atoms with Crippen LogP contribution in [-0.2, 0) is 13.5 Å². The minimum absolute atomic E-state index is 0.00231. The second kappa shape index (κ2) is 10.4. The lowest BCUT2D eigenvalue weighted by molar-refractivity contribution is 0.0976. The third kappa shape index (κ3) is 6.03. The van der Waals surface area contributed by atoms with E-state index >= 15 is 0 Å². The third-order valence-corrected chi connectivity index (χ3v) is 5.54. The van der Waals surface area contributed by atoms with E-state index in [1.165, 1.54) is 11.6 Å². The summed E-state index contributed by atoms with van der Waals surface area (Å²) in [4.78, 5) is 17.2. The molecule has 6 nitrogen and oxygen atoms in total. The highest BCUT2D eigenvalue weighted by molar-refractivity contribution is 6.09. The Morgan fingerprint density at radius 1 is 1.09 bits per heavy atom. The zero-order chi connectivity index (χ0) is 24.1. The summed E-state index contributed by atoms with van der Waals surface area (Å²) >= 11 is 0. The van der Waals surface area contributed by atoms with Crippen LogP contribution in [0.1, 0.15) is 52.6 Å². The Labute approximate surface area is 192 Å². The molecule has 0 saturated heterocycles. The summed E-state index contributed by atoms with van der Waals surface area (Å²) in [7, 11) is 1.89. The zero-order valence-corrected chi connectivity index (χ0v) is 19.5.